The van der Waals surface area contributed by atoms with E-state index in [0.717, 1.165) is 0 Å². The monoisotopic (exact) mass is 509 g/mol. The van der Waals surface area contributed by atoms with Gasteiger partial charge in [0.25, 0.3) is 0 Å². The van der Waals surface area contributed by atoms with Crippen molar-refractivity contribution in [2.24, 2.45) is 10.4 Å². The summed E-state index contributed by atoms with van der Waals surface area (Å²) < 4.78 is 39.2. The smallest absolute Gasteiger partial charge is 0.240 e. The zero-order chi connectivity index (χ0) is 26.2. The van der Waals surface area contributed by atoms with Gasteiger partial charge >= 0.3 is 0 Å². The van der Waals surface area contributed by atoms with Crippen LogP contribution in [-0.4, -0.2) is 42.4 Å². The van der Waals surface area contributed by atoms with E-state index < -0.39 is 35.0 Å². The maximum atomic E-state index is 15.0. The molecule has 2 atom stereocenters. The second-order valence-corrected chi connectivity index (χ2v) is 9.19. The van der Waals surface area contributed by atoms with E-state index in [1.54, 1.807) is 24.4 Å². The van der Waals surface area contributed by atoms with Crippen LogP contribution in [0.4, 0.5) is 14.5 Å². The van der Waals surface area contributed by atoms with Gasteiger partial charge in [0.1, 0.15) is 28.6 Å². The van der Waals surface area contributed by atoms with Crippen molar-refractivity contribution in [3.63, 3.8) is 0 Å². The van der Waals surface area contributed by atoms with Crippen molar-refractivity contribution >= 4 is 23.7 Å². The zero-order valence-electron chi connectivity index (χ0n) is 20.0. The Labute approximate surface area is 211 Å². The van der Waals surface area contributed by atoms with Crippen LogP contribution in [0.3, 0.4) is 0 Å². The molecule has 0 bridgehead atoms. The van der Waals surface area contributed by atoms with Gasteiger partial charge in [0.15, 0.2) is 11.9 Å². The van der Waals surface area contributed by atoms with E-state index in [0.29, 0.717) is 35.6 Å². The number of anilines is 1. The SMILES string of the molecule is COC1=C(O)CC2N=CC=C(OC3CC=C(NC(=O)C4(C(=O)Nc5ccc(F)cc5)CC4)C=C3F)C2=C1. The van der Waals surface area contributed by atoms with Crippen LogP contribution in [0.25, 0.3) is 0 Å². The summed E-state index contributed by atoms with van der Waals surface area (Å²) in [6, 6.07) is 4.91. The molecule has 2 amide bonds. The highest BCUT2D eigenvalue weighted by molar-refractivity contribution is 6.13. The molecule has 1 aliphatic heterocycles. The third-order valence-corrected chi connectivity index (χ3v) is 6.71. The van der Waals surface area contributed by atoms with Crippen molar-refractivity contribution in [3.05, 3.63) is 88.8 Å². The van der Waals surface area contributed by atoms with E-state index in [4.69, 9.17) is 9.47 Å². The number of dihydropyridines is 1. The number of hydrogen-bond acceptors (Lipinski definition) is 6. The van der Waals surface area contributed by atoms with Gasteiger partial charge in [-0.15, -0.1) is 0 Å². The Morgan fingerprint density at radius 2 is 1.84 bits per heavy atom. The van der Waals surface area contributed by atoms with Crippen molar-refractivity contribution in [3.8, 4) is 0 Å². The lowest BCUT2D eigenvalue weighted by Gasteiger charge is -2.29. The molecule has 10 heteroatoms. The number of carbonyl (C=O) groups is 2. The summed E-state index contributed by atoms with van der Waals surface area (Å²) in [5, 5.41) is 15.4. The molecule has 3 aliphatic carbocycles. The minimum atomic E-state index is -1.25. The maximum Gasteiger partial charge on any atom is 0.240 e. The van der Waals surface area contributed by atoms with E-state index in [2.05, 4.69) is 15.6 Å². The van der Waals surface area contributed by atoms with Crippen molar-refractivity contribution in [2.45, 2.75) is 37.8 Å². The highest BCUT2D eigenvalue weighted by Gasteiger charge is 2.56. The molecule has 5 rings (SSSR count). The number of amides is 2. The summed E-state index contributed by atoms with van der Waals surface area (Å²) in [4.78, 5) is 30.0. The Bertz CT molecular complexity index is 1320. The Balaban J connectivity index is 1.21. The predicted octanol–water partition coefficient (Wildman–Crippen LogP) is 4.27. The molecular weight excluding hydrogens is 484 g/mol. The largest absolute Gasteiger partial charge is 0.508 e. The summed E-state index contributed by atoms with van der Waals surface area (Å²) in [7, 11) is 1.45. The Kier molecular flexibility index (Phi) is 6.41. The van der Waals surface area contributed by atoms with Gasteiger partial charge in [0, 0.05) is 36.0 Å². The molecule has 37 heavy (non-hydrogen) atoms. The molecule has 3 N–H and O–H groups in total. The van der Waals surface area contributed by atoms with Gasteiger partial charge in [-0.1, -0.05) is 6.08 Å². The number of hydrogen-bond donors (Lipinski definition) is 3. The van der Waals surface area contributed by atoms with Gasteiger partial charge < -0.3 is 25.2 Å². The van der Waals surface area contributed by atoms with E-state index in [-0.39, 0.29) is 30.3 Å². The lowest BCUT2D eigenvalue weighted by atomic mass is 9.93. The number of benzene rings is 1. The van der Waals surface area contributed by atoms with Gasteiger partial charge in [0.2, 0.25) is 11.8 Å². The Hall–Kier alpha value is -4.21. The standard InChI is InChI=1S/C27H25F2N3O5/c1-36-24-13-18-20(14-21(24)33)30-11-8-22(18)37-23-7-6-17(12-19(23)29)32-26(35)27(9-10-27)25(34)31-16-4-2-15(28)3-5-16/h2-6,8,11-13,20,23,33H,7,9-10,14H2,1H3,(H,31,34)(H,32,35). The number of allylic oxidation sites excluding steroid dienone is 3. The molecule has 8 nitrogen and oxygen atoms in total. The van der Waals surface area contributed by atoms with Crippen molar-refractivity contribution in [1.29, 1.82) is 0 Å². The minimum absolute atomic E-state index is 0.0847. The fraction of sp³-hybridized carbons (Fsp3) is 0.296. The summed E-state index contributed by atoms with van der Waals surface area (Å²) in [5.41, 5.74) is 0.0521. The van der Waals surface area contributed by atoms with Crippen LogP contribution in [0, 0.1) is 11.2 Å². The first-order chi connectivity index (χ1) is 17.8. The van der Waals surface area contributed by atoms with Crippen LogP contribution in [-0.2, 0) is 19.1 Å². The molecule has 0 radical (unpaired) electrons. The number of carbonyl (C=O) groups excluding carboxylic acids is 2. The molecule has 1 saturated carbocycles. The van der Waals surface area contributed by atoms with Gasteiger partial charge in [-0.25, -0.2) is 8.78 Å². The first-order valence-electron chi connectivity index (χ1n) is 11.8. The van der Waals surface area contributed by atoms with Crippen LogP contribution >= 0.6 is 0 Å². The average Bonchev–Trinajstić information content (AvgIpc) is 3.69. The third kappa shape index (κ3) is 4.91. The minimum Gasteiger partial charge on any atom is -0.508 e. The number of aliphatic imine (C=N–C) groups is 1. The number of nitrogens with zero attached hydrogens (tertiary/aromatic N) is 1. The fourth-order valence-corrected chi connectivity index (χ4v) is 4.39. The first-order valence-corrected chi connectivity index (χ1v) is 11.8. The molecule has 1 fully saturated rings. The van der Waals surface area contributed by atoms with Gasteiger partial charge in [-0.3, -0.25) is 14.6 Å². The van der Waals surface area contributed by atoms with E-state index >= 15 is 4.39 Å². The molecule has 192 valence electrons. The number of fused-ring (bicyclic) bond motifs is 1. The average molecular weight is 510 g/mol. The van der Waals surface area contributed by atoms with Crippen LogP contribution in [0.1, 0.15) is 25.7 Å². The van der Waals surface area contributed by atoms with E-state index in [1.165, 1.54) is 37.5 Å². The highest BCUT2D eigenvalue weighted by Crippen LogP contribution is 2.47. The van der Waals surface area contributed by atoms with Crippen LogP contribution in [0.5, 0.6) is 0 Å². The Morgan fingerprint density at radius 1 is 1.11 bits per heavy atom. The van der Waals surface area contributed by atoms with Crippen LogP contribution in [0.15, 0.2) is 87.9 Å². The van der Waals surface area contributed by atoms with Crippen LogP contribution < -0.4 is 10.6 Å². The van der Waals surface area contributed by atoms with Crippen molar-refractivity contribution < 1.29 is 33.0 Å². The summed E-state index contributed by atoms with van der Waals surface area (Å²) in [6.07, 6.45) is 7.83. The van der Waals surface area contributed by atoms with E-state index in [9.17, 15) is 19.1 Å². The van der Waals surface area contributed by atoms with Crippen molar-refractivity contribution in [1.82, 2.24) is 5.32 Å². The van der Waals surface area contributed by atoms with Crippen LogP contribution in [0.2, 0.25) is 0 Å². The Morgan fingerprint density at radius 3 is 2.51 bits per heavy atom. The fourth-order valence-electron chi connectivity index (χ4n) is 4.39. The maximum absolute atomic E-state index is 15.0. The number of rotatable bonds is 7. The van der Waals surface area contributed by atoms with Gasteiger partial charge in [-0.05, 0) is 55.3 Å². The number of ether oxygens (including phenoxy) is 2. The zero-order valence-corrected chi connectivity index (χ0v) is 20.0. The summed E-state index contributed by atoms with van der Waals surface area (Å²) >= 11 is 0. The highest BCUT2D eigenvalue weighted by atomic mass is 19.1. The van der Waals surface area contributed by atoms with Gasteiger partial charge in [-0.2, -0.15) is 0 Å². The molecular formula is C27H25F2N3O5. The van der Waals surface area contributed by atoms with Gasteiger partial charge in [0.05, 0.1) is 13.2 Å². The number of halogens is 2. The molecule has 1 aromatic carbocycles. The number of aliphatic hydroxyl groups is 1. The predicted molar refractivity (Wildman–Crippen MR) is 131 cm³/mol. The molecule has 1 heterocycles. The normalized spacial score (nSPS) is 23.5. The first kappa shape index (κ1) is 24.5. The summed E-state index contributed by atoms with van der Waals surface area (Å²) in [5.74, 6) is -1.22. The molecule has 0 saturated heterocycles. The number of methoxy groups -OCH3 is 1. The lowest BCUT2D eigenvalue weighted by Crippen LogP contribution is -2.39. The topological polar surface area (TPSA) is 109 Å². The number of aliphatic hydroxyl groups excluding tert-OH is 1. The molecule has 1 aromatic rings. The second-order valence-electron chi connectivity index (χ2n) is 9.19. The number of nitrogens with one attached hydrogen (secondary N) is 2. The van der Waals surface area contributed by atoms with Crippen molar-refractivity contribution in [2.75, 3.05) is 12.4 Å². The molecule has 4 aliphatic rings. The quantitative estimate of drug-likeness (QED) is 0.476. The molecule has 2 unspecified atom stereocenters. The lowest BCUT2D eigenvalue weighted by molar-refractivity contribution is -0.133. The second kappa shape index (κ2) is 9.68. The summed E-state index contributed by atoms with van der Waals surface area (Å²) in [6.45, 7) is 0. The third-order valence-electron chi connectivity index (χ3n) is 6.71. The molecule has 0 aromatic heterocycles. The molecule has 0 spiro atoms. The van der Waals surface area contributed by atoms with E-state index in [1.807, 2.05) is 0 Å².